The highest BCUT2D eigenvalue weighted by Gasteiger charge is 2.07. The number of benzene rings is 1. The van der Waals surface area contributed by atoms with E-state index < -0.39 is 11.9 Å². The van der Waals surface area contributed by atoms with Crippen molar-refractivity contribution < 1.29 is 19.3 Å². The second-order valence-electron chi connectivity index (χ2n) is 3.30. The Morgan fingerprint density at radius 2 is 2.20 bits per heavy atom. The molecule has 0 radical (unpaired) electrons. The summed E-state index contributed by atoms with van der Waals surface area (Å²) in [5.41, 5.74) is 0.496. The summed E-state index contributed by atoms with van der Waals surface area (Å²) in [6.07, 6.45) is -0.0157. The molecule has 0 heterocycles. The monoisotopic (exact) mass is 214 g/mol. The first kappa shape index (κ1) is 11.9. The van der Waals surface area contributed by atoms with Crippen LogP contribution in [0.25, 0.3) is 0 Å². The zero-order valence-corrected chi connectivity index (χ0v) is 8.61. The fourth-order valence-corrected chi connectivity index (χ4v) is 1.06. The van der Waals surface area contributed by atoms with E-state index in [9.17, 15) is 9.50 Å². The van der Waals surface area contributed by atoms with Gasteiger partial charge in [0, 0.05) is 0 Å². The summed E-state index contributed by atoms with van der Waals surface area (Å²) in [6, 6.07) is 4.24. The maximum atomic E-state index is 13.3. The molecule has 0 aliphatic heterocycles. The molecule has 2 N–H and O–H groups in total. The molecule has 0 aliphatic rings. The van der Waals surface area contributed by atoms with Crippen molar-refractivity contribution in [2.45, 2.75) is 26.1 Å². The van der Waals surface area contributed by atoms with Crippen molar-refractivity contribution in [2.75, 3.05) is 6.61 Å². The molecule has 0 fully saturated rings. The molecule has 0 bridgehead atoms. The number of rotatable bonds is 5. The van der Waals surface area contributed by atoms with Gasteiger partial charge < -0.3 is 14.9 Å². The fourth-order valence-electron chi connectivity index (χ4n) is 1.06. The molecular formula is C11H15FO3. The van der Waals surface area contributed by atoms with Crippen molar-refractivity contribution >= 4 is 0 Å². The van der Waals surface area contributed by atoms with Gasteiger partial charge in [-0.15, -0.1) is 0 Å². The van der Waals surface area contributed by atoms with Gasteiger partial charge in [0.2, 0.25) is 0 Å². The Balaban J connectivity index is 2.62. The second-order valence-corrected chi connectivity index (χ2v) is 3.30. The first-order chi connectivity index (χ1) is 7.17. The van der Waals surface area contributed by atoms with Crippen molar-refractivity contribution in [1.82, 2.24) is 0 Å². The lowest BCUT2D eigenvalue weighted by molar-refractivity contribution is 0.102. The maximum Gasteiger partial charge on any atom is 0.165 e. The van der Waals surface area contributed by atoms with E-state index in [4.69, 9.17) is 9.84 Å². The molecule has 0 aromatic heterocycles. The van der Waals surface area contributed by atoms with Crippen molar-refractivity contribution in [2.24, 2.45) is 0 Å². The Kier molecular flexibility index (Phi) is 4.52. The van der Waals surface area contributed by atoms with Gasteiger partial charge in [-0.3, -0.25) is 0 Å². The topological polar surface area (TPSA) is 49.7 Å². The van der Waals surface area contributed by atoms with Gasteiger partial charge in [0.1, 0.15) is 6.61 Å². The van der Waals surface area contributed by atoms with Crippen molar-refractivity contribution in [3.05, 3.63) is 29.6 Å². The molecule has 84 valence electrons. The van der Waals surface area contributed by atoms with Crippen LogP contribution in [0.4, 0.5) is 4.39 Å². The van der Waals surface area contributed by atoms with Gasteiger partial charge in [0.15, 0.2) is 11.6 Å². The van der Waals surface area contributed by atoms with Gasteiger partial charge in [-0.25, -0.2) is 4.39 Å². The van der Waals surface area contributed by atoms with Crippen LogP contribution in [0.1, 0.15) is 18.9 Å². The SMILES string of the molecule is CCC(O)COc1ccc(CO)cc1F. The average molecular weight is 214 g/mol. The van der Waals surface area contributed by atoms with Gasteiger partial charge in [-0.1, -0.05) is 13.0 Å². The van der Waals surface area contributed by atoms with E-state index in [0.29, 0.717) is 12.0 Å². The molecule has 1 atom stereocenters. The largest absolute Gasteiger partial charge is 0.488 e. The first-order valence-electron chi connectivity index (χ1n) is 4.87. The van der Waals surface area contributed by atoms with Crippen LogP contribution < -0.4 is 4.74 Å². The molecule has 1 rings (SSSR count). The van der Waals surface area contributed by atoms with E-state index in [0.717, 1.165) is 0 Å². The molecule has 1 aromatic rings. The van der Waals surface area contributed by atoms with Gasteiger partial charge in [0.05, 0.1) is 12.7 Å². The second kappa shape index (κ2) is 5.68. The lowest BCUT2D eigenvalue weighted by Gasteiger charge is -2.11. The number of aliphatic hydroxyl groups excluding tert-OH is 2. The Morgan fingerprint density at radius 3 is 2.73 bits per heavy atom. The van der Waals surface area contributed by atoms with Crippen molar-refractivity contribution in [3.63, 3.8) is 0 Å². The van der Waals surface area contributed by atoms with E-state index in [2.05, 4.69) is 0 Å². The van der Waals surface area contributed by atoms with Crippen LogP contribution in [0.5, 0.6) is 5.75 Å². The van der Waals surface area contributed by atoms with E-state index in [1.54, 1.807) is 6.07 Å². The zero-order valence-electron chi connectivity index (χ0n) is 8.61. The summed E-state index contributed by atoms with van der Waals surface area (Å²) < 4.78 is 18.4. The highest BCUT2D eigenvalue weighted by molar-refractivity contribution is 5.28. The third-order valence-corrected chi connectivity index (χ3v) is 2.08. The smallest absolute Gasteiger partial charge is 0.165 e. The number of ether oxygens (including phenoxy) is 1. The molecule has 15 heavy (non-hydrogen) atoms. The van der Waals surface area contributed by atoms with Crippen LogP contribution in [-0.4, -0.2) is 22.9 Å². The summed E-state index contributed by atoms with van der Waals surface area (Å²) in [5, 5.41) is 18.0. The molecule has 4 heteroatoms. The third-order valence-electron chi connectivity index (χ3n) is 2.08. The Labute approximate surface area is 88.1 Å². The lowest BCUT2D eigenvalue weighted by atomic mass is 10.2. The minimum atomic E-state index is -0.582. The van der Waals surface area contributed by atoms with Crippen LogP contribution >= 0.6 is 0 Å². The molecular weight excluding hydrogens is 199 g/mol. The van der Waals surface area contributed by atoms with Crippen LogP contribution in [0, 0.1) is 5.82 Å². The third kappa shape index (κ3) is 3.49. The first-order valence-corrected chi connectivity index (χ1v) is 4.87. The summed E-state index contributed by atoms with van der Waals surface area (Å²) in [7, 11) is 0. The van der Waals surface area contributed by atoms with Gasteiger partial charge in [0.25, 0.3) is 0 Å². The summed E-state index contributed by atoms with van der Waals surface area (Å²) in [5.74, 6) is -0.426. The average Bonchev–Trinajstić information content (AvgIpc) is 2.26. The van der Waals surface area contributed by atoms with E-state index in [1.165, 1.54) is 12.1 Å². The molecule has 0 saturated carbocycles. The molecule has 3 nitrogen and oxygen atoms in total. The predicted octanol–water partition coefficient (Wildman–Crippen LogP) is 1.47. The minimum Gasteiger partial charge on any atom is -0.488 e. The highest BCUT2D eigenvalue weighted by Crippen LogP contribution is 2.18. The maximum absolute atomic E-state index is 13.3. The lowest BCUT2D eigenvalue weighted by Crippen LogP contribution is -2.16. The van der Waals surface area contributed by atoms with Gasteiger partial charge in [-0.05, 0) is 24.1 Å². The highest BCUT2D eigenvalue weighted by atomic mass is 19.1. The number of aliphatic hydroxyl groups is 2. The summed E-state index contributed by atoms with van der Waals surface area (Å²) >= 11 is 0. The van der Waals surface area contributed by atoms with Crippen LogP contribution in [0.3, 0.4) is 0 Å². The standard InChI is InChI=1S/C11H15FO3/c1-2-9(14)7-15-11-4-3-8(6-13)5-10(11)12/h3-5,9,13-14H,2,6-7H2,1H3. The Hall–Kier alpha value is -1.13. The zero-order chi connectivity index (χ0) is 11.3. The molecule has 1 aromatic carbocycles. The van der Waals surface area contributed by atoms with Gasteiger partial charge in [-0.2, -0.15) is 0 Å². The van der Waals surface area contributed by atoms with E-state index >= 15 is 0 Å². The quantitative estimate of drug-likeness (QED) is 0.780. The Morgan fingerprint density at radius 1 is 1.47 bits per heavy atom. The summed E-state index contributed by atoms with van der Waals surface area (Å²) in [6.45, 7) is 1.69. The number of halogens is 1. The predicted molar refractivity (Wildman–Crippen MR) is 54.1 cm³/mol. The molecule has 0 aliphatic carbocycles. The number of hydrogen-bond donors (Lipinski definition) is 2. The van der Waals surface area contributed by atoms with Crippen molar-refractivity contribution in [3.8, 4) is 5.75 Å². The molecule has 0 amide bonds. The Bertz CT molecular complexity index is 315. The van der Waals surface area contributed by atoms with Crippen LogP contribution in [0.2, 0.25) is 0 Å². The minimum absolute atomic E-state index is 0.0753. The molecule has 1 unspecified atom stereocenters. The summed E-state index contributed by atoms with van der Waals surface area (Å²) in [4.78, 5) is 0. The van der Waals surface area contributed by atoms with Crippen LogP contribution in [-0.2, 0) is 6.61 Å². The van der Waals surface area contributed by atoms with E-state index in [1.807, 2.05) is 6.92 Å². The normalized spacial score (nSPS) is 12.5. The molecule has 0 spiro atoms. The number of hydrogen-bond acceptors (Lipinski definition) is 3. The fraction of sp³-hybridized carbons (Fsp3) is 0.455. The van der Waals surface area contributed by atoms with Crippen molar-refractivity contribution in [1.29, 1.82) is 0 Å². The van der Waals surface area contributed by atoms with Gasteiger partial charge >= 0.3 is 0 Å². The van der Waals surface area contributed by atoms with E-state index in [-0.39, 0.29) is 19.0 Å². The van der Waals surface area contributed by atoms with Crippen LogP contribution in [0.15, 0.2) is 18.2 Å². The molecule has 0 saturated heterocycles.